The second-order valence-electron chi connectivity index (χ2n) is 3.04. The standard InChI is InChI=1S/C10H11BrF2O/c11-9-4-2-8(3-5-9)10(12,13)6-1-7-14/h2-5,14H,1,6-7H2. The Morgan fingerprint density at radius 3 is 2.29 bits per heavy atom. The SMILES string of the molecule is OCCCC(F)(F)c1ccc(Br)cc1. The average molecular weight is 265 g/mol. The van der Waals surface area contributed by atoms with Gasteiger partial charge in [0.1, 0.15) is 0 Å². The van der Waals surface area contributed by atoms with E-state index in [0.29, 0.717) is 0 Å². The van der Waals surface area contributed by atoms with E-state index in [2.05, 4.69) is 15.9 Å². The number of aliphatic hydroxyl groups is 1. The molecule has 0 saturated carbocycles. The van der Waals surface area contributed by atoms with Crippen LogP contribution in [0, 0.1) is 0 Å². The Kier molecular flexibility index (Phi) is 4.01. The lowest BCUT2D eigenvalue weighted by atomic mass is 10.0. The topological polar surface area (TPSA) is 20.2 Å². The molecule has 14 heavy (non-hydrogen) atoms. The first kappa shape index (κ1) is 11.6. The van der Waals surface area contributed by atoms with E-state index in [0.717, 1.165) is 4.47 Å². The highest BCUT2D eigenvalue weighted by Crippen LogP contribution is 2.33. The summed E-state index contributed by atoms with van der Waals surface area (Å²) in [5.41, 5.74) is -0.00542. The van der Waals surface area contributed by atoms with Crippen LogP contribution in [0.15, 0.2) is 28.7 Å². The number of rotatable bonds is 4. The van der Waals surface area contributed by atoms with E-state index in [-0.39, 0.29) is 25.0 Å². The Labute approximate surface area is 89.9 Å². The molecular formula is C10H11BrF2O. The molecule has 0 amide bonds. The highest BCUT2D eigenvalue weighted by atomic mass is 79.9. The molecule has 78 valence electrons. The van der Waals surface area contributed by atoms with Crippen LogP contribution in [0.5, 0.6) is 0 Å². The molecule has 1 aromatic rings. The Morgan fingerprint density at radius 2 is 1.79 bits per heavy atom. The van der Waals surface area contributed by atoms with Crippen molar-refractivity contribution >= 4 is 15.9 Å². The van der Waals surface area contributed by atoms with E-state index in [4.69, 9.17) is 5.11 Å². The molecule has 0 bridgehead atoms. The van der Waals surface area contributed by atoms with E-state index in [1.54, 1.807) is 12.1 Å². The summed E-state index contributed by atoms with van der Waals surface area (Å²) in [7, 11) is 0. The zero-order valence-electron chi connectivity index (χ0n) is 7.51. The lowest BCUT2D eigenvalue weighted by molar-refractivity contribution is -0.0188. The van der Waals surface area contributed by atoms with Crippen molar-refractivity contribution in [3.8, 4) is 0 Å². The Bertz CT molecular complexity index is 285. The third-order valence-corrected chi connectivity index (χ3v) is 2.44. The van der Waals surface area contributed by atoms with Gasteiger partial charge in [-0.3, -0.25) is 0 Å². The van der Waals surface area contributed by atoms with E-state index in [1.165, 1.54) is 12.1 Å². The van der Waals surface area contributed by atoms with Gasteiger partial charge in [-0.2, -0.15) is 0 Å². The van der Waals surface area contributed by atoms with E-state index in [9.17, 15) is 8.78 Å². The monoisotopic (exact) mass is 264 g/mol. The van der Waals surface area contributed by atoms with Gasteiger partial charge < -0.3 is 5.11 Å². The molecule has 0 aliphatic carbocycles. The van der Waals surface area contributed by atoms with Crippen molar-refractivity contribution in [1.29, 1.82) is 0 Å². The van der Waals surface area contributed by atoms with Crippen LogP contribution in [-0.4, -0.2) is 11.7 Å². The largest absolute Gasteiger partial charge is 0.396 e. The predicted molar refractivity (Wildman–Crippen MR) is 54.4 cm³/mol. The maximum Gasteiger partial charge on any atom is 0.273 e. The van der Waals surface area contributed by atoms with Crippen LogP contribution in [0.3, 0.4) is 0 Å². The second kappa shape index (κ2) is 4.84. The first-order chi connectivity index (χ1) is 6.56. The number of aliphatic hydroxyl groups excluding tert-OH is 1. The molecular weight excluding hydrogens is 254 g/mol. The summed E-state index contributed by atoms with van der Waals surface area (Å²) in [5.74, 6) is -2.84. The molecule has 0 fully saturated rings. The molecule has 1 N–H and O–H groups in total. The van der Waals surface area contributed by atoms with Crippen molar-refractivity contribution in [2.45, 2.75) is 18.8 Å². The summed E-state index contributed by atoms with van der Waals surface area (Å²) in [6, 6.07) is 5.95. The molecule has 1 nitrogen and oxygen atoms in total. The van der Waals surface area contributed by atoms with Crippen LogP contribution in [0.2, 0.25) is 0 Å². The average Bonchev–Trinajstić information content (AvgIpc) is 2.16. The van der Waals surface area contributed by atoms with Gasteiger partial charge in [0.25, 0.3) is 5.92 Å². The molecule has 0 aliphatic rings. The van der Waals surface area contributed by atoms with Crippen molar-refractivity contribution in [3.05, 3.63) is 34.3 Å². The molecule has 0 atom stereocenters. The lowest BCUT2D eigenvalue weighted by Crippen LogP contribution is -2.13. The molecule has 0 spiro atoms. The zero-order valence-corrected chi connectivity index (χ0v) is 9.10. The summed E-state index contributed by atoms with van der Waals surface area (Å²) in [6.45, 7) is -0.202. The number of alkyl halides is 2. The van der Waals surface area contributed by atoms with Crippen molar-refractivity contribution in [2.24, 2.45) is 0 Å². The normalized spacial score (nSPS) is 11.7. The van der Waals surface area contributed by atoms with Crippen molar-refractivity contribution in [2.75, 3.05) is 6.61 Å². The predicted octanol–water partition coefficient (Wildman–Crippen LogP) is 3.31. The molecule has 1 aromatic carbocycles. The van der Waals surface area contributed by atoms with E-state index in [1.807, 2.05) is 0 Å². The first-order valence-corrected chi connectivity index (χ1v) is 5.10. The van der Waals surface area contributed by atoms with Gasteiger partial charge in [0.05, 0.1) is 0 Å². The molecule has 0 radical (unpaired) electrons. The van der Waals surface area contributed by atoms with Crippen LogP contribution in [-0.2, 0) is 5.92 Å². The maximum absolute atomic E-state index is 13.3. The van der Waals surface area contributed by atoms with Gasteiger partial charge in [0.15, 0.2) is 0 Å². The van der Waals surface area contributed by atoms with Gasteiger partial charge in [-0.1, -0.05) is 28.1 Å². The van der Waals surface area contributed by atoms with Crippen LogP contribution in [0.1, 0.15) is 18.4 Å². The summed E-state index contributed by atoms with van der Waals surface area (Å²) < 4.78 is 27.5. The summed E-state index contributed by atoms with van der Waals surface area (Å²) >= 11 is 3.18. The first-order valence-electron chi connectivity index (χ1n) is 4.31. The Hall–Kier alpha value is -0.480. The fourth-order valence-electron chi connectivity index (χ4n) is 1.14. The molecule has 4 heteroatoms. The molecule has 0 aromatic heterocycles. The zero-order chi connectivity index (χ0) is 10.6. The van der Waals surface area contributed by atoms with E-state index < -0.39 is 5.92 Å². The van der Waals surface area contributed by atoms with Crippen LogP contribution < -0.4 is 0 Å². The molecule has 0 aliphatic heterocycles. The van der Waals surface area contributed by atoms with Gasteiger partial charge in [0, 0.05) is 23.1 Å². The fourth-order valence-corrected chi connectivity index (χ4v) is 1.40. The van der Waals surface area contributed by atoms with E-state index >= 15 is 0 Å². The molecule has 0 unspecified atom stereocenters. The highest BCUT2D eigenvalue weighted by Gasteiger charge is 2.30. The molecule has 0 saturated heterocycles. The minimum absolute atomic E-state index is 0.00542. The van der Waals surface area contributed by atoms with Gasteiger partial charge in [-0.15, -0.1) is 0 Å². The van der Waals surface area contributed by atoms with Gasteiger partial charge in [0.2, 0.25) is 0 Å². The number of benzene rings is 1. The third kappa shape index (κ3) is 3.03. The third-order valence-electron chi connectivity index (χ3n) is 1.92. The number of hydrogen-bond acceptors (Lipinski definition) is 1. The van der Waals surface area contributed by atoms with Crippen LogP contribution >= 0.6 is 15.9 Å². The van der Waals surface area contributed by atoms with Crippen LogP contribution in [0.4, 0.5) is 8.78 Å². The van der Waals surface area contributed by atoms with Crippen molar-refractivity contribution < 1.29 is 13.9 Å². The molecule has 0 heterocycles. The second-order valence-corrected chi connectivity index (χ2v) is 3.95. The lowest BCUT2D eigenvalue weighted by Gasteiger charge is -2.15. The minimum atomic E-state index is -2.84. The summed E-state index contributed by atoms with van der Waals surface area (Å²) in [5, 5.41) is 8.48. The summed E-state index contributed by atoms with van der Waals surface area (Å²) in [4.78, 5) is 0. The van der Waals surface area contributed by atoms with Gasteiger partial charge in [-0.25, -0.2) is 8.78 Å². The Morgan fingerprint density at radius 1 is 1.21 bits per heavy atom. The Balaban J connectivity index is 2.75. The minimum Gasteiger partial charge on any atom is -0.396 e. The number of hydrogen-bond donors (Lipinski definition) is 1. The van der Waals surface area contributed by atoms with Gasteiger partial charge in [-0.05, 0) is 18.6 Å². The summed E-state index contributed by atoms with van der Waals surface area (Å²) in [6.07, 6.45) is -0.200. The number of halogens is 3. The quantitative estimate of drug-likeness (QED) is 0.885. The van der Waals surface area contributed by atoms with Gasteiger partial charge >= 0.3 is 0 Å². The maximum atomic E-state index is 13.3. The van der Waals surface area contributed by atoms with Crippen molar-refractivity contribution in [3.63, 3.8) is 0 Å². The fraction of sp³-hybridized carbons (Fsp3) is 0.400. The molecule has 1 rings (SSSR count). The van der Waals surface area contributed by atoms with Crippen LogP contribution in [0.25, 0.3) is 0 Å². The van der Waals surface area contributed by atoms with Crippen molar-refractivity contribution in [1.82, 2.24) is 0 Å². The smallest absolute Gasteiger partial charge is 0.273 e. The highest BCUT2D eigenvalue weighted by molar-refractivity contribution is 9.10.